The summed E-state index contributed by atoms with van der Waals surface area (Å²) in [4.78, 5) is 16.3. The molecule has 0 amide bonds. The first-order valence-corrected chi connectivity index (χ1v) is 9.19. The van der Waals surface area contributed by atoms with Crippen molar-refractivity contribution in [1.29, 1.82) is 0 Å². The number of anilines is 2. The number of nitrogens with two attached hydrogens (primary N) is 1. The third-order valence-electron chi connectivity index (χ3n) is 4.36. The molecule has 7 heteroatoms. The fourth-order valence-electron chi connectivity index (χ4n) is 3.10. The lowest BCUT2D eigenvalue weighted by Gasteiger charge is -2.36. The number of benzene rings is 1. The molecule has 0 spiro atoms. The average molecular weight is 369 g/mol. The van der Waals surface area contributed by atoms with Crippen molar-refractivity contribution >= 4 is 17.5 Å². The van der Waals surface area contributed by atoms with Crippen molar-refractivity contribution in [1.82, 2.24) is 15.1 Å². The van der Waals surface area contributed by atoms with Gasteiger partial charge in [0.1, 0.15) is 5.60 Å². The van der Waals surface area contributed by atoms with Gasteiger partial charge in [0, 0.05) is 31.7 Å². The molecule has 0 unspecified atom stereocenters. The van der Waals surface area contributed by atoms with Crippen LogP contribution in [-0.4, -0.2) is 59.4 Å². The number of hydrogen-bond acceptors (Lipinski definition) is 7. The molecule has 0 saturated carbocycles. The molecule has 2 N–H and O–H groups in total. The van der Waals surface area contributed by atoms with Gasteiger partial charge in [-0.2, -0.15) is 0 Å². The molecule has 0 bridgehead atoms. The van der Waals surface area contributed by atoms with E-state index >= 15 is 0 Å². The maximum absolute atomic E-state index is 12.0. The van der Waals surface area contributed by atoms with Crippen LogP contribution < -0.4 is 10.6 Å². The van der Waals surface area contributed by atoms with E-state index in [0.29, 0.717) is 12.4 Å². The number of rotatable bonds is 4. The molecular weight excluding hydrogens is 342 g/mol. The van der Waals surface area contributed by atoms with Crippen LogP contribution in [0.4, 0.5) is 11.5 Å². The molecular formula is C20H27N5O2. The van der Waals surface area contributed by atoms with Crippen molar-refractivity contribution in [2.24, 2.45) is 0 Å². The van der Waals surface area contributed by atoms with E-state index in [0.717, 1.165) is 43.1 Å². The van der Waals surface area contributed by atoms with E-state index in [9.17, 15) is 4.79 Å². The summed E-state index contributed by atoms with van der Waals surface area (Å²) in [6.45, 7) is 9.03. The van der Waals surface area contributed by atoms with Crippen LogP contribution in [0.5, 0.6) is 0 Å². The molecule has 27 heavy (non-hydrogen) atoms. The Hall–Kier alpha value is -2.67. The van der Waals surface area contributed by atoms with E-state index in [-0.39, 0.29) is 5.97 Å². The van der Waals surface area contributed by atoms with Crippen molar-refractivity contribution in [3.8, 4) is 11.3 Å². The monoisotopic (exact) mass is 369 g/mol. The van der Waals surface area contributed by atoms with E-state index in [4.69, 9.17) is 10.5 Å². The first-order chi connectivity index (χ1) is 12.8. The Labute approximate surface area is 160 Å². The van der Waals surface area contributed by atoms with E-state index in [2.05, 4.69) is 20.0 Å². The highest BCUT2D eigenvalue weighted by Crippen LogP contribution is 2.27. The molecule has 1 aromatic carbocycles. The summed E-state index contributed by atoms with van der Waals surface area (Å²) in [6.07, 6.45) is 0. The second kappa shape index (κ2) is 7.92. The zero-order valence-corrected chi connectivity index (χ0v) is 16.2. The summed E-state index contributed by atoms with van der Waals surface area (Å²) in [5, 5.41) is 8.36. The van der Waals surface area contributed by atoms with Crippen LogP contribution in [0.2, 0.25) is 0 Å². The van der Waals surface area contributed by atoms with Crippen LogP contribution in [-0.2, 0) is 9.53 Å². The van der Waals surface area contributed by atoms with E-state index in [1.807, 2.05) is 57.2 Å². The summed E-state index contributed by atoms with van der Waals surface area (Å²) in [7, 11) is 0. The summed E-state index contributed by atoms with van der Waals surface area (Å²) < 4.78 is 5.40. The average Bonchev–Trinajstić information content (AvgIpc) is 2.62. The zero-order valence-electron chi connectivity index (χ0n) is 16.2. The molecule has 0 radical (unpaired) electrons. The second-order valence-electron chi connectivity index (χ2n) is 7.72. The summed E-state index contributed by atoms with van der Waals surface area (Å²) >= 11 is 0. The molecule has 1 aliphatic heterocycles. The molecule has 3 rings (SSSR count). The molecule has 1 fully saturated rings. The molecule has 1 aromatic heterocycles. The van der Waals surface area contributed by atoms with Crippen molar-refractivity contribution in [2.75, 3.05) is 43.4 Å². The Morgan fingerprint density at radius 3 is 2.41 bits per heavy atom. The number of aromatic nitrogens is 2. The lowest BCUT2D eigenvalue weighted by molar-refractivity contribution is -0.156. The first-order valence-electron chi connectivity index (χ1n) is 9.19. The van der Waals surface area contributed by atoms with Crippen molar-refractivity contribution in [3.63, 3.8) is 0 Å². The third kappa shape index (κ3) is 5.17. The Balaban J connectivity index is 1.63. The second-order valence-corrected chi connectivity index (χ2v) is 7.72. The quantitative estimate of drug-likeness (QED) is 0.827. The largest absolute Gasteiger partial charge is 0.459 e. The SMILES string of the molecule is CC(C)(C)OC(=O)CN1CCN(c2cc(-c3ccccc3)nnc2N)CC1. The van der Waals surface area contributed by atoms with Gasteiger partial charge in [-0.1, -0.05) is 30.3 Å². The lowest BCUT2D eigenvalue weighted by Crippen LogP contribution is -2.49. The predicted molar refractivity (Wildman–Crippen MR) is 106 cm³/mol. The summed E-state index contributed by atoms with van der Waals surface area (Å²) in [5.74, 6) is 0.239. The maximum Gasteiger partial charge on any atom is 0.320 e. The van der Waals surface area contributed by atoms with Gasteiger partial charge in [-0.25, -0.2) is 0 Å². The zero-order chi connectivity index (χ0) is 19.4. The summed E-state index contributed by atoms with van der Waals surface area (Å²) in [6, 6.07) is 11.9. The van der Waals surface area contributed by atoms with Crippen LogP contribution in [0, 0.1) is 0 Å². The molecule has 0 aliphatic carbocycles. The van der Waals surface area contributed by atoms with E-state index in [1.54, 1.807) is 0 Å². The van der Waals surface area contributed by atoms with Gasteiger partial charge in [0.25, 0.3) is 0 Å². The smallest absolute Gasteiger partial charge is 0.320 e. The number of carbonyl (C=O) groups excluding carboxylic acids is 1. The number of nitrogens with zero attached hydrogens (tertiary/aromatic N) is 4. The van der Waals surface area contributed by atoms with Crippen molar-refractivity contribution < 1.29 is 9.53 Å². The third-order valence-corrected chi connectivity index (χ3v) is 4.36. The van der Waals surface area contributed by atoms with Crippen molar-refractivity contribution in [3.05, 3.63) is 36.4 Å². The normalized spacial score (nSPS) is 15.6. The minimum atomic E-state index is -0.454. The fraction of sp³-hybridized carbons (Fsp3) is 0.450. The minimum absolute atomic E-state index is 0.188. The Morgan fingerprint density at radius 1 is 1.11 bits per heavy atom. The molecule has 144 valence electrons. The van der Waals surface area contributed by atoms with Crippen LogP contribution in [0.3, 0.4) is 0 Å². The molecule has 2 heterocycles. The number of carbonyl (C=O) groups is 1. The number of nitrogen functional groups attached to an aromatic ring is 1. The summed E-state index contributed by atoms with van der Waals surface area (Å²) in [5.41, 5.74) is 8.33. The standard InChI is InChI=1S/C20H27N5O2/c1-20(2,3)27-18(26)14-24-9-11-25(12-10-24)17-13-16(22-23-19(17)21)15-7-5-4-6-8-15/h4-8,13H,9-12,14H2,1-3H3,(H2,21,23). The van der Waals surface area contributed by atoms with Gasteiger partial charge in [0.2, 0.25) is 0 Å². The van der Waals surface area contributed by atoms with Gasteiger partial charge >= 0.3 is 5.97 Å². The fourth-order valence-corrected chi connectivity index (χ4v) is 3.10. The minimum Gasteiger partial charge on any atom is -0.459 e. The van der Waals surface area contributed by atoms with Gasteiger partial charge in [0.05, 0.1) is 17.9 Å². The Morgan fingerprint density at radius 2 is 1.78 bits per heavy atom. The number of piperazine rings is 1. The topological polar surface area (TPSA) is 84.6 Å². The van der Waals surface area contributed by atoms with Crippen LogP contribution in [0.25, 0.3) is 11.3 Å². The highest BCUT2D eigenvalue weighted by Gasteiger charge is 2.24. The molecule has 1 saturated heterocycles. The number of ether oxygens (including phenoxy) is 1. The molecule has 2 aromatic rings. The Kier molecular flexibility index (Phi) is 5.60. The van der Waals surface area contributed by atoms with E-state index in [1.165, 1.54) is 0 Å². The van der Waals surface area contributed by atoms with Gasteiger partial charge < -0.3 is 15.4 Å². The van der Waals surface area contributed by atoms with Gasteiger partial charge in [-0.3, -0.25) is 9.69 Å². The Bertz CT molecular complexity index is 781. The number of esters is 1. The molecule has 7 nitrogen and oxygen atoms in total. The predicted octanol–water partition coefficient (Wildman–Crippen LogP) is 2.19. The van der Waals surface area contributed by atoms with E-state index < -0.39 is 5.60 Å². The van der Waals surface area contributed by atoms with Crippen molar-refractivity contribution in [2.45, 2.75) is 26.4 Å². The lowest BCUT2D eigenvalue weighted by atomic mass is 10.1. The van der Waals surface area contributed by atoms with Crippen LogP contribution >= 0.6 is 0 Å². The van der Waals surface area contributed by atoms with Crippen LogP contribution in [0.15, 0.2) is 36.4 Å². The highest BCUT2D eigenvalue weighted by molar-refractivity contribution is 5.73. The molecule has 1 aliphatic rings. The number of hydrogen-bond donors (Lipinski definition) is 1. The van der Waals surface area contributed by atoms with Gasteiger partial charge in [-0.05, 0) is 26.8 Å². The molecule has 0 atom stereocenters. The maximum atomic E-state index is 12.0. The highest BCUT2D eigenvalue weighted by atomic mass is 16.6. The first kappa shape index (κ1) is 19.1. The van der Waals surface area contributed by atoms with Crippen LogP contribution in [0.1, 0.15) is 20.8 Å². The van der Waals surface area contributed by atoms with Gasteiger partial charge in [-0.15, -0.1) is 10.2 Å². The van der Waals surface area contributed by atoms with Gasteiger partial charge in [0.15, 0.2) is 5.82 Å².